The Bertz CT molecular complexity index is 926. The van der Waals surface area contributed by atoms with Crippen LogP contribution in [0.4, 0.5) is 17.1 Å². The number of nitro benzene ring substituents is 1. The van der Waals surface area contributed by atoms with Gasteiger partial charge in [0.1, 0.15) is 11.5 Å². The van der Waals surface area contributed by atoms with Crippen LogP contribution in [-0.2, 0) is 0 Å². The van der Waals surface area contributed by atoms with E-state index in [1.807, 2.05) is 48.5 Å². The number of methoxy groups -OCH3 is 2. The topological polar surface area (TPSA) is 73.6 Å². The van der Waals surface area contributed by atoms with Gasteiger partial charge in [-0.2, -0.15) is 0 Å². The number of para-hydroxylation sites is 1. The maximum atomic E-state index is 11.1. The average Bonchev–Trinajstić information content (AvgIpc) is 2.68. The van der Waals surface area contributed by atoms with Gasteiger partial charge in [0.05, 0.1) is 36.5 Å². The Morgan fingerprint density at radius 3 is 2.27 bits per heavy atom. The van der Waals surface area contributed by atoms with Gasteiger partial charge in [-0.1, -0.05) is 24.3 Å². The van der Waals surface area contributed by atoms with E-state index in [0.717, 1.165) is 16.9 Å². The van der Waals surface area contributed by atoms with Gasteiger partial charge in [0.25, 0.3) is 5.69 Å². The van der Waals surface area contributed by atoms with E-state index in [9.17, 15) is 10.1 Å². The molecule has 26 heavy (non-hydrogen) atoms. The third kappa shape index (κ3) is 3.44. The van der Waals surface area contributed by atoms with Gasteiger partial charge in [0, 0.05) is 17.3 Å². The van der Waals surface area contributed by atoms with Gasteiger partial charge >= 0.3 is 0 Å². The maximum Gasteiger partial charge on any atom is 0.273 e. The predicted molar refractivity (Wildman–Crippen MR) is 101 cm³/mol. The van der Waals surface area contributed by atoms with E-state index in [0.29, 0.717) is 17.1 Å². The Labute approximate surface area is 151 Å². The average molecular weight is 350 g/mol. The first kappa shape index (κ1) is 17.3. The van der Waals surface area contributed by atoms with E-state index in [1.165, 1.54) is 19.2 Å². The SMILES string of the molecule is COc1cc([N+](=O)[O-])ccc1-c1c(Nc2ccccc2)cccc1OC. The summed E-state index contributed by atoms with van der Waals surface area (Å²) in [5.74, 6) is 1.04. The summed E-state index contributed by atoms with van der Waals surface area (Å²) in [4.78, 5) is 10.6. The van der Waals surface area contributed by atoms with Crippen LogP contribution in [0.3, 0.4) is 0 Å². The minimum Gasteiger partial charge on any atom is -0.496 e. The normalized spacial score (nSPS) is 10.2. The highest BCUT2D eigenvalue weighted by molar-refractivity contribution is 5.89. The molecule has 0 unspecified atom stereocenters. The lowest BCUT2D eigenvalue weighted by atomic mass is 10.0. The first-order valence-electron chi connectivity index (χ1n) is 7.96. The third-order valence-corrected chi connectivity index (χ3v) is 3.96. The Hall–Kier alpha value is -3.54. The molecular formula is C20H18N2O4. The third-order valence-electron chi connectivity index (χ3n) is 3.96. The Morgan fingerprint density at radius 2 is 1.62 bits per heavy atom. The number of hydrogen-bond acceptors (Lipinski definition) is 5. The Balaban J connectivity index is 2.16. The number of nitro groups is 1. The molecule has 3 rings (SSSR count). The molecule has 0 spiro atoms. The van der Waals surface area contributed by atoms with Crippen LogP contribution in [0.5, 0.6) is 11.5 Å². The molecule has 6 heteroatoms. The number of benzene rings is 3. The molecule has 0 aliphatic heterocycles. The molecule has 3 aromatic carbocycles. The molecule has 0 saturated heterocycles. The van der Waals surface area contributed by atoms with Gasteiger partial charge in [-0.05, 0) is 30.3 Å². The van der Waals surface area contributed by atoms with Crippen molar-refractivity contribution in [3.8, 4) is 22.6 Å². The highest BCUT2D eigenvalue weighted by atomic mass is 16.6. The summed E-state index contributed by atoms with van der Waals surface area (Å²) in [5.41, 5.74) is 3.17. The van der Waals surface area contributed by atoms with Gasteiger partial charge in [-0.25, -0.2) is 0 Å². The van der Waals surface area contributed by atoms with E-state index in [2.05, 4.69) is 5.32 Å². The highest BCUT2D eigenvalue weighted by Gasteiger charge is 2.19. The maximum absolute atomic E-state index is 11.1. The van der Waals surface area contributed by atoms with Crippen LogP contribution in [0, 0.1) is 10.1 Å². The number of anilines is 2. The molecule has 0 saturated carbocycles. The summed E-state index contributed by atoms with van der Waals surface area (Å²) in [6.07, 6.45) is 0. The van der Waals surface area contributed by atoms with Gasteiger partial charge in [0.15, 0.2) is 0 Å². The fraction of sp³-hybridized carbons (Fsp3) is 0.100. The lowest BCUT2D eigenvalue weighted by molar-refractivity contribution is -0.384. The standard InChI is InChI=1S/C20H18N2O4/c1-25-18-10-6-9-17(21-14-7-4-3-5-8-14)20(18)16-12-11-15(22(23)24)13-19(16)26-2/h3-13,21H,1-2H3. The van der Waals surface area contributed by atoms with E-state index >= 15 is 0 Å². The minimum absolute atomic E-state index is 0.0296. The van der Waals surface area contributed by atoms with Crippen LogP contribution < -0.4 is 14.8 Å². The molecule has 0 atom stereocenters. The fourth-order valence-electron chi connectivity index (χ4n) is 2.76. The summed E-state index contributed by atoms with van der Waals surface area (Å²) >= 11 is 0. The van der Waals surface area contributed by atoms with Crippen molar-refractivity contribution in [3.05, 3.63) is 76.8 Å². The number of rotatable bonds is 6. The number of ether oxygens (including phenoxy) is 2. The zero-order valence-electron chi connectivity index (χ0n) is 14.4. The lowest BCUT2D eigenvalue weighted by Crippen LogP contribution is -1.98. The van der Waals surface area contributed by atoms with E-state index < -0.39 is 4.92 Å². The number of hydrogen-bond donors (Lipinski definition) is 1. The van der Waals surface area contributed by atoms with Crippen molar-refractivity contribution in [2.75, 3.05) is 19.5 Å². The quantitative estimate of drug-likeness (QED) is 0.499. The van der Waals surface area contributed by atoms with Crippen LogP contribution in [0.1, 0.15) is 0 Å². The Morgan fingerprint density at radius 1 is 0.885 bits per heavy atom. The molecule has 0 aliphatic carbocycles. The molecule has 0 heterocycles. The molecule has 0 aliphatic rings. The molecule has 0 fully saturated rings. The van der Waals surface area contributed by atoms with E-state index in [-0.39, 0.29) is 5.69 Å². The largest absolute Gasteiger partial charge is 0.496 e. The summed E-state index contributed by atoms with van der Waals surface area (Å²) in [5, 5.41) is 14.4. The zero-order chi connectivity index (χ0) is 18.5. The van der Waals surface area contributed by atoms with Gasteiger partial charge in [-0.3, -0.25) is 10.1 Å². The number of nitrogens with one attached hydrogen (secondary N) is 1. The molecule has 132 valence electrons. The first-order valence-corrected chi connectivity index (χ1v) is 7.96. The van der Waals surface area contributed by atoms with Crippen LogP contribution in [0.25, 0.3) is 11.1 Å². The lowest BCUT2D eigenvalue weighted by Gasteiger charge is -2.17. The monoisotopic (exact) mass is 350 g/mol. The molecule has 0 aromatic heterocycles. The van der Waals surface area contributed by atoms with Crippen molar-refractivity contribution < 1.29 is 14.4 Å². The summed E-state index contributed by atoms with van der Waals surface area (Å²) < 4.78 is 10.9. The van der Waals surface area contributed by atoms with Crippen LogP contribution in [0.15, 0.2) is 66.7 Å². The highest BCUT2D eigenvalue weighted by Crippen LogP contribution is 2.43. The predicted octanol–water partition coefficient (Wildman–Crippen LogP) is 5.02. The van der Waals surface area contributed by atoms with Gasteiger partial charge < -0.3 is 14.8 Å². The van der Waals surface area contributed by atoms with E-state index in [4.69, 9.17) is 9.47 Å². The van der Waals surface area contributed by atoms with Crippen molar-refractivity contribution in [3.63, 3.8) is 0 Å². The second kappa shape index (κ2) is 7.57. The Kier molecular flexibility index (Phi) is 5.03. The van der Waals surface area contributed by atoms with Crippen molar-refractivity contribution in [2.45, 2.75) is 0 Å². The van der Waals surface area contributed by atoms with Crippen molar-refractivity contribution in [1.82, 2.24) is 0 Å². The summed E-state index contributed by atoms with van der Waals surface area (Å²) in [6, 6.07) is 19.9. The van der Waals surface area contributed by atoms with Crippen molar-refractivity contribution in [1.29, 1.82) is 0 Å². The van der Waals surface area contributed by atoms with E-state index in [1.54, 1.807) is 13.2 Å². The number of nitrogens with zero attached hydrogens (tertiary/aromatic N) is 1. The second-order valence-corrected chi connectivity index (χ2v) is 5.52. The smallest absolute Gasteiger partial charge is 0.273 e. The fourth-order valence-corrected chi connectivity index (χ4v) is 2.76. The van der Waals surface area contributed by atoms with Crippen molar-refractivity contribution >= 4 is 17.1 Å². The van der Waals surface area contributed by atoms with Crippen molar-refractivity contribution in [2.24, 2.45) is 0 Å². The van der Waals surface area contributed by atoms with Crippen LogP contribution in [-0.4, -0.2) is 19.1 Å². The minimum atomic E-state index is -0.447. The van der Waals surface area contributed by atoms with Gasteiger partial charge in [0.2, 0.25) is 0 Å². The summed E-state index contributed by atoms with van der Waals surface area (Å²) in [7, 11) is 3.07. The van der Waals surface area contributed by atoms with Gasteiger partial charge in [-0.15, -0.1) is 0 Å². The zero-order valence-corrected chi connectivity index (χ0v) is 14.4. The van der Waals surface area contributed by atoms with Crippen LogP contribution >= 0.6 is 0 Å². The summed E-state index contributed by atoms with van der Waals surface area (Å²) in [6.45, 7) is 0. The molecule has 3 aromatic rings. The first-order chi connectivity index (χ1) is 12.6. The molecular weight excluding hydrogens is 332 g/mol. The second-order valence-electron chi connectivity index (χ2n) is 5.52. The molecule has 0 radical (unpaired) electrons. The number of non-ortho nitro benzene ring substituents is 1. The van der Waals surface area contributed by atoms with Crippen LogP contribution in [0.2, 0.25) is 0 Å². The molecule has 1 N–H and O–H groups in total. The molecule has 0 amide bonds. The molecule has 6 nitrogen and oxygen atoms in total. The molecule has 0 bridgehead atoms.